The fourth-order valence-corrected chi connectivity index (χ4v) is 9.46. The lowest BCUT2D eigenvalue weighted by molar-refractivity contribution is 0.109. The van der Waals surface area contributed by atoms with Crippen LogP contribution in [0.4, 0.5) is 0 Å². The predicted molar refractivity (Wildman–Crippen MR) is 173 cm³/mol. The summed E-state index contributed by atoms with van der Waals surface area (Å²) in [7, 11) is 3.72. The first-order valence-electron chi connectivity index (χ1n) is 18.8. The monoisotopic (exact) mass is 575 g/mol. The third-order valence-electron chi connectivity index (χ3n) is 12.4. The molecule has 0 spiro atoms. The third-order valence-corrected chi connectivity index (χ3v) is 12.4. The van der Waals surface area contributed by atoms with E-state index in [-0.39, 0.29) is 0 Å². The molecule has 4 fully saturated rings. The van der Waals surface area contributed by atoms with Crippen LogP contribution in [0.2, 0.25) is 0 Å². The van der Waals surface area contributed by atoms with E-state index >= 15 is 0 Å². The van der Waals surface area contributed by atoms with E-state index in [0.29, 0.717) is 0 Å². The van der Waals surface area contributed by atoms with Crippen LogP contribution in [0, 0.1) is 47.3 Å². The summed E-state index contributed by atoms with van der Waals surface area (Å²) in [4.78, 5) is 0. The van der Waals surface area contributed by atoms with Crippen molar-refractivity contribution in [2.75, 3.05) is 40.6 Å². The van der Waals surface area contributed by atoms with Crippen LogP contribution in [0.1, 0.15) is 154 Å². The van der Waals surface area contributed by atoms with Gasteiger partial charge < -0.3 is 14.2 Å². The average molecular weight is 575 g/mol. The molecule has 0 aliphatic heterocycles. The highest BCUT2D eigenvalue weighted by Gasteiger charge is 2.26. The largest absolute Gasteiger partial charge is 0.384 e. The lowest BCUT2D eigenvalue weighted by Gasteiger charge is -2.32. The first kappa shape index (κ1) is 33.8. The fraction of sp³-hybridized carbons (Fsp3) is 1.00. The Hall–Kier alpha value is -0.120. The van der Waals surface area contributed by atoms with Gasteiger partial charge in [-0.15, -0.1) is 0 Å². The maximum atomic E-state index is 6.10. The van der Waals surface area contributed by atoms with Gasteiger partial charge in [0.15, 0.2) is 0 Å². The summed E-state index contributed by atoms with van der Waals surface area (Å²) in [6.45, 7) is 3.98. The van der Waals surface area contributed by atoms with Crippen LogP contribution < -0.4 is 0 Å². The van der Waals surface area contributed by atoms with Crippen LogP contribution >= 0.6 is 0 Å². The van der Waals surface area contributed by atoms with Crippen LogP contribution in [0.25, 0.3) is 0 Å². The number of ether oxygens (including phenoxy) is 3. The second kappa shape index (κ2) is 20.0. The van der Waals surface area contributed by atoms with Gasteiger partial charge in [-0.05, 0) is 98.7 Å². The van der Waals surface area contributed by atoms with Gasteiger partial charge in [-0.1, -0.05) is 103 Å². The minimum atomic E-state index is 0.845. The summed E-state index contributed by atoms with van der Waals surface area (Å²) < 4.78 is 16.9. The molecule has 0 unspecified atom stereocenters. The van der Waals surface area contributed by atoms with Crippen molar-refractivity contribution in [2.45, 2.75) is 154 Å². The number of hydrogen-bond acceptors (Lipinski definition) is 3. The van der Waals surface area contributed by atoms with Gasteiger partial charge in [0.05, 0.1) is 0 Å². The van der Waals surface area contributed by atoms with E-state index in [1.54, 1.807) is 0 Å². The van der Waals surface area contributed by atoms with Gasteiger partial charge in [0.2, 0.25) is 0 Å². The van der Waals surface area contributed by atoms with Crippen molar-refractivity contribution in [1.29, 1.82) is 0 Å². The molecule has 4 saturated carbocycles. The van der Waals surface area contributed by atoms with E-state index in [1.165, 1.54) is 154 Å². The number of methoxy groups -OCH3 is 2. The Bertz CT molecular complexity index is 565. The number of rotatable bonds is 18. The molecule has 0 heterocycles. The van der Waals surface area contributed by atoms with E-state index in [2.05, 4.69) is 0 Å². The summed E-state index contributed by atoms with van der Waals surface area (Å²) in [5.41, 5.74) is 0. The molecule has 4 aliphatic rings. The molecule has 41 heavy (non-hydrogen) atoms. The van der Waals surface area contributed by atoms with Crippen molar-refractivity contribution in [3.05, 3.63) is 0 Å². The van der Waals surface area contributed by atoms with Gasteiger partial charge in [-0.25, -0.2) is 0 Å². The summed E-state index contributed by atoms with van der Waals surface area (Å²) in [5.74, 6) is 7.75. The molecular formula is C38H70O3. The van der Waals surface area contributed by atoms with Crippen LogP contribution in [-0.2, 0) is 14.2 Å². The maximum Gasteiger partial charge on any atom is 0.0490 e. The SMILES string of the molecule is COCC1CCC(CCC2CCC(CCCOCCCC3CCC(CCC4CCC(COC)CC4)CC3)CC2)CC1. The summed E-state index contributed by atoms with van der Waals surface area (Å²) in [6, 6.07) is 0. The van der Waals surface area contributed by atoms with Gasteiger partial charge in [-0.3, -0.25) is 0 Å². The summed E-state index contributed by atoms with van der Waals surface area (Å²) >= 11 is 0. The van der Waals surface area contributed by atoms with Crippen molar-refractivity contribution in [3.8, 4) is 0 Å². The summed E-state index contributed by atoms with van der Waals surface area (Å²) in [6.07, 6.45) is 34.9. The predicted octanol–water partition coefficient (Wildman–Crippen LogP) is 10.6. The Morgan fingerprint density at radius 2 is 0.585 bits per heavy atom. The minimum absolute atomic E-state index is 0.845. The van der Waals surface area contributed by atoms with Gasteiger partial charge in [0.1, 0.15) is 0 Å². The van der Waals surface area contributed by atoms with E-state index in [4.69, 9.17) is 14.2 Å². The summed E-state index contributed by atoms with van der Waals surface area (Å²) in [5, 5.41) is 0. The number of hydrogen-bond donors (Lipinski definition) is 0. The standard InChI is InChI=1S/C38H70O3/c1-39-29-37-23-19-35(20-24-37)17-15-33-11-7-31(8-12-33)5-3-27-41-28-4-6-32-9-13-34(14-10-32)16-18-36-21-25-38(26-22-36)30-40-2/h31-38H,3-30H2,1-2H3. The zero-order chi connectivity index (χ0) is 28.5. The molecule has 0 N–H and O–H groups in total. The van der Waals surface area contributed by atoms with Gasteiger partial charge in [0, 0.05) is 40.6 Å². The average Bonchev–Trinajstić information content (AvgIpc) is 3.01. The molecule has 0 aromatic carbocycles. The molecule has 0 aromatic heterocycles. The highest BCUT2D eigenvalue weighted by atomic mass is 16.5. The topological polar surface area (TPSA) is 27.7 Å². The lowest BCUT2D eigenvalue weighted by atomic mass is 9.75. The van der Waals surface area contributed by atoms with E-state index in [1.807, 2.05) is 14.2 Å². The smallest absolute Gasteiger partial charge is 0.0490 e. The molecule has 0 aromatic rings. The van der Waals surface area contributed by atoms with Crippen LogP contribution in [0.15, 0.2) is 0 Å². The van der Waals surface area contributed by atoms with Gasteiger partial charge in [0.25, 0.3) is 0 Å². The minimum Gasteiger partial charge on any atom is -0.384 e. The van der Waals surface area contributed by atoms with Crippen molar-refractivity contribution >= 4 is 0 Å². The second-order valence-corrected chi connectivity index (χ2v) is 15.5. The first-order chi connectivity index (χ1) is 20.2. The third kappa shape index (κ3) is 13.2. The van der Waals surface area contributed by atoms with Gasteiger partial charge >= 0.3 is 0 Å². The molecule has 0 bridgehead atoms. The molecule has 4 rings (SSSR count). The zero-order valence-electron chi connectivity index (χ0n) is 27.6. The highest BCUT2D eigenvalue weighted by Crippen LogP contribution is 2.39. The fourth-order valence-electron chi connectivity index (χ4n) is 9.46. The molecule has 240 valence electrons. The zero-order valence-corrected chi connectivity index (χ0v) is 27.6. The van der Waals surface area contributed by atoms with Crippen LogP contribution in [-0.4, -0.2) is 40.6 Å². The van der Waals surface area contributed by atoms with Crippen molar-refractivity contribution in [2.24, 2.45) is 47.3 Å². The van der Waals surface area contributed by atoms with E-state index in [0.717, 1.165) is 73.8 Å². The Morgan fingerprint density at radius 3 is 0.854 bits per heavy atom. The van der Waals surface area contributed by atoms with Crippen LogP contribution in [0.5, 0.6) is 0 Å². The molecule has 3 nitrogen and oxygen atoms in total. The van der Waals surface area contributed by atoms with E-state index < -0.39 is 0 Å². The normalized spacial score (nSPS) is 35.0. The van der Waals surface area contributed by atoms with Crippen molar-refractivity contribution < 1.29 is 14.2 Å². The Balaban J connectivity index is 0.909. The highest BCUT2D eigenvalue weighted by molar-refractivity contribution is 4.78. The molecule has 0 atom stereocenters. The molecule has 0 radical (unpaired) electrons. The Kier molecular flexibility index (Phi) is 16.5. The Labute approximate surface area is 256 Å². The van der Waals surface area contributed by atoms with E-state index in [9.17, 15) is 0 Å². The van der Waals surface area contributed by atoms with Gasteiger partial charge in [-0.2, -0.15) is 0 Å². The molecule has 0 saturated heterocycles. The molecule has 3 heteroatoms. The maximum absolute atomic E-state index is 6.10. The second-order valence-electron chi connectivity index (χ2n) is 15.5. The van der Waals surface area contributed by atoms with Crippen LogP contribution in [0.3, 0.4) is 0 Å². The Morgan fingerprint density at radius 1 is 0.341 bits per heavy atom. The molecular weight excluding hydrogens is 504 g/mol. The van der Waals surface area contributed by atoms with Crippen molar-refractivity contribution in [1.82, 2.24) is 0 Å². The molecule has 0 amide bonds. The molecule has 4 aliphatic carbocycles. The first-order valence-corrected chi connectivity index (χ1v) is 18.8. The van der Waals surface area contributed by atoms with Crippen molar-refractivity contribution in [3.63, 3.8) is 0 Å². The lowest BCUT2D eigenvalue weighted by Crippen LogP contribution is -2.20. The quantitative estimate of drug-likeness (QED) is 0.152.